The molecule has 0 spiro atoms. The summed E-state index contributed by atoms with van der Waals surface area (Å²) >= 11 is 5.95. The molecule has 0 aliphatic heterocycles. The van der Waals surface area contributed by atoms with Gasteiger partial charge in [-0.1, -0.05) is 25.4 Å². The normalized spacial score (nSPS) is 11.5. The first-order valence-corrected chi connectivity index (χ1v) is 5.37. The Balaban J connectivity index is 2.75. The zero-order chi connectivity index (χ0) is 11.0. The van der Waals surface area contributed by atoms with Gasteiger partial charge in [-0.15, -0.1) is 0 Å². The van der Waals surface area contributed by atoms with Crippen LogP contribution in [-0.4, -0.2) is 9.38 Å². The molecule has 0 radical (unpaired) electrons. The number of nitrogens with zero attached hydrogens (tertiary/aromatic N) is 2. The first-order valence-electron chi connectivity index (χ1n) is 5.00. The van der Waals surface area contributed by atoms with Crippen molar-refractivity contribution in [1.29, 1.82) is 0 Å². The van der Waals surface area contributed by atoms with Gasteiger partial charge < -0.3 is 10.1 Å². The number of fused-ring (bicyclic) bond motifs is 1. The van der Waals surface area contributed by atoms with E-state index in [4.69, 9.17) is 17.3 Å². The second-order valence-corrected chi connectivity index (χ2v) is 4.31. The smallest absolute Gasteiger partial charge is 0.116 e. The SMILES string of the molecule is CC(C)c1nc(CN)c2cc(Cl)ccn12. The molecule has 0 saturated carbocycles. The van der Waals surface area contributed by atoms with Crippen molar-refractivity contribution >= 4 is 17.1 Å². The number of nitrogens with two attached hydrogens (primary N) is 1. The van der Waals surface area contributed by atoms with E-state index in [-0.39, 0.29) is 0 Å². The lowest BCUT2D eigenvalue weighted by Crippen LogP contribution is -1.97. The molecule has 0 amide bonds. The van der Waals surface area contributed by atoms with E-state index in [0.29, 0.717) is 17.5 Å². The highest BCUT2D eigenvalue weighted by atomic mass is 35.5. The number of rotatable bonds is 2. The largest absolute Gasteiger partial charge is 0.325 e. The molecule has 0 unspecified atom stereocenters. The van der Waals surface area contributed by atoms with Crippen molar-refractivity contribution in [1.82, 2.24) is 9.38 Å². The number of halogens is 1. The predicted octanol–water partition coefficient (Wildman–Crippen LogP) is 2.57. The summed E-state index contributed by atoms with van der Waals surface area (Å²) in [6.07, 6.45) is 1.94. The van der Waals surface area contributed by atoms with E-state index >= 15 is 0 Å². The van der Waals surface area contributed by atoms with Crippen molar-refractivity contribution < 1.29 is 0 Å². The Morgan fingerprint density at radius 2 is 2.27 bits per heavy atom. The molecule has 0 bridgehead atoms. The summed E-state index contributed by atoms with van der Waals surface area (Å²) in [4.78, 5) is 4.53. The highest BCUT2D eigenvalue weighted by molar-refractivity contribution is 6.30. The Kier molecular flexibility index (Phi) is 2.67. The van der Waals surface area contributed by atoms with Crippen molar-refractivity contribution in [3.8, 4) is 0 Å². The molecule has 2 rings (SSSR count). The van der Waals surface area contributed by atoms with Gasteiger partial charge in [0.05, 0.1) is 11.2 Å². The van der Waals surface area contributed by atoms with Gasteiger partial charge in [0.2, 0.25) is 0 Å². The minimum atomic E-state index is 0.374. The lowest BCUT2D eigenvalue weighted by molar-refractivity contribution is 0.765. The first-order chi connectivity index (χ1) is 7.13. The quantitative estimate of drug-likeness (QED) is 0.851. The molecule has 0 atom stereocenters. The minimum Gasteiger partial charge on any atom is -0.325 e. The van der Waals surface area contributed by atoms with Crippen LogP contribution in [0.5, 0.6) is 0 Å². The number of hydrogen-bond donors (Lipinski definition) is 1. The highest BCUT2D eigenvalue weighted by Gasteiger charge is 2.12. The van der Waals surface area contributed by atoms with Crippen molar-refractivity contribution in [3.05, 3.63) is 34.9 Å². The van der Waals surface area contributed by atoms with Crippen molar-refractivity contribution in [2.45, 2.75) is 26.3 Å². The predicted molar refractivity (Wildman–Crippen MR) is 62.2 cm³/mol. The average molecular weight is 224 g/mol. The fraction of sp³-hybridized carbons (Fsp3) is 0.364. The molecule has 3 nitrogen and oxygen atoms in total. The van der Waals surface area contributed by atoms with Gasteiger partial charge >= 0.3 is 0 Å². The summed E-state index contributed by atoms with van der Waals surface area (Å²) in [5, 5.41) is 0.715. The summed E-state index contributed by atoms with van der Waals surface area (Å²) in [6, 6.07) is 3.77. The Bertz CT molecular complexity index is 488. The van der Waals surface area contributed by atoms with Gasteiger partial charge in [0, 0.05) is 23.7 Å². The zero-order valence-electron chi connectivity index (χ0n) is 8.87. The summed E-state index contributed by atoms with van der Waals surface area (Å²) in [5.41, 5.74) is 7.57. The van der Waals surface area contributed by atoms with Crippen LogP contribution >= 0.6 is 11.6 Å². The second-order valence-electron chi connectivity index (χ2n) is 3.88. The van der Waals surface area contributed by atoms with Crippen LogP contribution in [0.15, 0.2) is 18.3 Å². The standard InChI is InChI=1S/C11H14ClN3/c1-7(2)11-14-9(6-13)10-5-8(12)3-4-15(10)11/h3-5,7H,6,13H2,1-2H3. The van der Waals surface area contributed by atoms with Crippen LogP contribution in [0, 0.1) is 0 Å². The second kappa shape index (κ2) is 3.83. The molecule has 15 heavy (non-hydrogen) atoms. The molecule has 0 fully saturated rings. The molecular formula is C11H14ClN3. The molecule has 0 aliphatic rings. The third-order valence-electron chi connectivity index (χ3n) is 2.42. The fourth-order valence-corrected chi connectivity index (χ4v) is 1.86. The minimum absolute atomic E-state index is 0.374. The fourth-order valence-electron chi connectivity index (χ4n) is 1.70. The van der Waals surface area contributed by atoms with Gasteiger partial charge in [-0.3, -0.25) is 0 Å². The van der Waals surface area contributed by atoms with Gasteiger partial charge in [-0.25, -0.2) is 4.98 Å². The zero-order valence-corrected chi connectivity index (χ0v) is 9.62. The maximum absolute atomic E-state index is 5.95. The summed E-state index contributed by atoms with van der Waals surface area (Å²) in [6.45, 7) is 4.67. The monoisotopic (exact) mass is 223 g/mol. The van der Waals surface area contributed by atoms with Crippen LogP contribution in [0.3, 0.4) is 0 Å². The third kappa shape index (κ3) is 1.73. The molecule has 2 heterocycles. The van der Waals surface area contributed by atoms with Crippen molar-refractivity contribution in [3.63, 3.8) is 0 Å². The van der Waals surface area contributed by atoms with E-state index < -0.39 is 0 Å². The van der Waals surface area contributed by atoms with Crippen LogP contribution < -0.4 is 5.73 Å². The molecule has 0 saturated heterocycles. The molecule has 80 valence electrons. The maximum Gasteiger partial charge on any atom is 0.116 e. The average Bonchev–Trinajstić information content (AvgIpc) is 2.55. The van der Waals surface area contributed by atoms with E-state index in [9.17, 15) is 0 Å². The number of aromatic nitrogens is 2. The molecule has 2 aromatic rings. The van der Waals surface area contributed by atoms with Gasteiger partial charge in [-0.05, 0) is 12.1 Å². The molecule has 2 aromatic heterocycles. The summed E-state index contributed by atoms with van der Waals surface area (Å²) < 4.78 is 2.05. The van der Waals surface area contributed by atoms with Gasteiger partial charge in [-0.2, -0.15) is 0 Å². The van der Waals surface area contributed by atoms with E-state index in [0.717, 1.165) is 17.0 Å². The van der Waals surface area contributed by atoms with Crippen LogP contribution in [0.2, 0.25) is 5.02 Å². The molecule has 0 aromatic carbocycles. The van der Waals surface area contributed by atoms with E-state index in [1.54, 1.807) is 0 Å². The van der Waals surface area contributed by atoms with Crippen LogP contribution in [0.1, 0.15) is 31.3 Å². The third-order valence-corrected chi connectivity index (χ3v) is 2.65. The Labute approximate surface area is 93.9 Å². The van der Waals surface area contributed by atoms with Crippen molar-refractivity contribution in [2.75, 3.05) is 0 Å². The van der Waals surface area contributed by atoms with E-state index in [1.165, 1.54) is 0 Å². The van der Waals surface area contributed by atoms with E-state index in [2.05, 4.69) is 23.2 Å². The van der Waals surface area contributed by atoms with Gasteiger partial charge in [0.25, 0.3) is 0 Å². The van der Waals surface area contributed by atoms with Crippen LogP contribution in [-0.2, 0) is 6.54 Å². The first kappa shape index (κ1) is 10.5. The Hall–Kier alpha value is -1.06. The maximum atomic E-state index is 5.95. The van der Waals surface area contributed by atoms with E-state index in [1.807, 2.05) is 18.3 Å². The highest BCUT2D eigenvalue weighted by Crippen LogP contribution is 2.21. The van der Waals surface area contributed by atoms with Crippen molar-refractivity contribution in [2.24, 2.45) is 5.73 Å². The topological polar surface area (TPSA) is 43.3 Å². The van der Waals surface area contributed by atoms with Crippen LogP contribution in [0.4, 0.5) is 0 Å². The molecule has 4 heteroatoms. The number of imidazole rings is 1. The Morgan fingerprint density at radius 1 is 1.53 bits per heavy atom. The molecule has 0 aliphatic carbocycles. The summed E-state index contributed by atoms with van der Waals surface area (Å²) in [5.74, 6) is 1.40. The van der Waals surface area contributed by atoms with Gasteiger partial charge in [0.1, 0.15) is 5.82 Å². The van der Waals surface area contributed by atoms with Gasteiger partial charge in [0.15, 0.2) is 0 Å². The molecule has 2 N–H and O–H groups in total. The summed E-state index contributed by atoms with van der Waals surface area (Å²) in [7, 11) is 0. The van der Waals surface area contributed by atoms with Crippen LogP contribution in [0.25, 0.3) is 5.52 Å². The lowest BCUT2D eigenvalue weighted by Gasteiger charge is -2.03. The molecular weight excluding hydrogens is 210 g/mol. The number of hydrogen-bond acceptors (Lipinski definition) is 2. The Morgan fingerprint density at radius 3 is 2.87 bits per heavy atom. The lowest BCUT2D eigenvalue weighted by atomic mass is 10.2. The number of pyridine rings is 1.